The fourth-order valence-electron chi connectivity index (χ4n) is 2.14. The van der Waals surface area contributed by atoms with Crippen molar-refractivity contribution in [3.63, 3.8) is 0 Å². The zero-order valence-electron chi connectivity index (χ0n) is 9.01. The third-order valence-corrected chi connectivity index (χ3v) is 3.01. The Bertz CT molecular complexity index is 590. The highest BCUT2D eigenvalue weighted by Crippen LogP contribution is 2.33. The van der Waals surface area contributed by atoms with E-state index in [0.29, 0.717) is 16.7 Å². The van der Waals surface area contributed by atoms with Crippen molar-refractivity contribution in [2.45, 2.75) is 25.0 Å². The van der Waals surface area contributed by atoms with Gasteiger partial charge in [0.15, 0.2) is 5.52 Å². The van der Waals surface area contributed by atoms with Gasteiger partial charge in [-0.2, -0.15) is 5.10 Å². The number of ether oxygens (including phenoxy) is 1. The van der Waals surface area contributed by atoms with Gasteiger partial charge in [-0.05, 0) is 12.8 Å². The van der Waals surface area contributed by atoms with Crippen molar-refractivity contribution >= 4 is 11.0 Å². The third-order valence-electron chi connectivity index (χ3n) is 3.01. The fourth-order valence-corrected chi connectivity index (χ4v) is 2.14. The second-order valence-corrected chi connectivity index (χ2v) is 4.07. The van der Waals surface area contributed by atoms with Gasteiger partial charge >= 0.3 is 0 Å². The molecule has 2 unspecified atom stereocenters. The molecule has 1 saturated heterocycles. The molecule has 3 heterocycles. The van der Waals surface area contributed by atoms with Crippen LogP contribution in [-0.2, 0) is 4.74 Å². The Kier molecular flexibility index (Phi) is 2.41. The number of H-pyrrole nitrogens is 2. The standard InChI is InChI=1S/C10H12N4O3/c15-3-5-1-2-6(17-5)7-8-9(14-13-7)10(16)12-4-11-8/h4-6,15H,1-3H2,(H,13,14)(H,11,12,16). The molecule has 3 N–H and O–H groups in total. The van der Waals surface area contributed by atoms with E-state index in [2.05, 4.69) is 20.2 Å². The van der Waals surface area contributed by atoms with E-state index in [9.17, 15) is 4.79 Å². The molecular weight excluding hydrogens is 224 g/mol. The maximum atomic E-state index is 11.5. The Hall–Kier alpha value is -1.73. The van der Waals surface area contributed by atoms with Gasteiger partial charge < -0.3 is 14.8 Å². The van der Waals surface area contributed by atoms with E-state index in [1.165, 1.54) is 6.33 Å². The Balaban J connectivity index is 2.02. The molecule has 2 atom stereocenters. The van der Waals surface area contributed by atoms with Crippen LogP contribution in [0.5, 0.6) is 0 Å². The zero-order chi connectivity index (χ0) is 11.8. The van der Waals surface area contributed by atoms with Crippen LogP contribution < -0.4 is 5.56 Å². The minimum Gasteiger partial charge on any atom is -0.394 e. The van der Waals surface area contributed by atoms with Crippen molar-refractivity contribution in [1.82, 2.24) is 20.2 Å². The molecular formula is C10H12N4O3. The van der Waals surface area contributed by atoms with Crippen molar-refractivity contribution in [2.75, 3.05) is 6.61 Å². The van der Waals surface area contributed by atoms with E-state index in [1.54, 1.807) is 0 Å². The third kappa shape index (κ3) is 1.63. The average Bonchev–Trinajstić information content (AvgIpc) is 2.94. The van der Waals surface area contributed by atoms with Gasteiger partial charge in [-0.3, -0.25) is 9.89 Å². The molecule has 1 aliphatic heterocycles. The molecule has 2 aromatic rings. The van der Waals surface area contributed by atoms with Gasteiger partial charge in [-0.15, -0.1) is 0 Å². The summed E-state index contributed by atoms with van der Waals surface area (Å²) in [5.41, 5.74) is 1.27. The number of aromatic nitrogens is 4. The van der Waals surface area contributed by atoms with Gasteiger partial charge in [0.25, 0.3) is 5.56 Å². The first-order valence-electron chi connectivity index (χ1n) is 5.47. The molecule has 2 aromatic heterocycles. The maximum Gasteiger partial charge on any atom is 0.279 e. The number of aromatic amines is 2. The lowest BCUT2D eigenvalue weighted by molar-refractivity contribution is 0.00971. The van der Waals surface area contributed by atoms with Crippen molar-refractivity contribution in [2.24, 2.45) is 0 Å². The van der Waals surface area contributed by atoms with Gasteiger partial charge in [0.05, 0.1) is 24.7 Å². The number of aliphatic hydroxyl groups is 1. The van der Waals surface area contributed by atoms with Crippen LogP contribution in [-0.4, -0.2) is 38.0 Å². The first kappa shape index (κ1) is 10.4. The Morgan fingerprint density at radius 2 is 2.35 bits per heavy atom. The van der Waals surface area contributed by atoms with Gasteiger partial charge in [-0.25, -0.2) is 4.98 Å². The van der Waals surface area contributed by atoms with Gasteiger partial charge in [-0.1, -0.05) is 0 Å². The van der Waals surface area contributed by atoms with Crippen LogP contribution in [0.4, 0.5) is 0 Å². The van der Waals surface area contributed by atoms with Crippen molar-refractivity contribution in [1.29, 1.82) is 0 Å². The summed E-state index contributed by atoms with van der Waals surface area (Å²) in [6, 6.07) is 0. The summed E-state index contributed by atoms with van der Waals surface area (Å²) in [6.07, 6.45) is 2.62. The summed E-state index contributed by atoms with van der Waals surface area (Å²) < 4.78 is 5.63. The van der Waals surface area contributed by atoms with Crippen LogP contribution >= 0.6 is 0 Å². The number of hydrogen-bond acceptors (Lipinski definition) is 5. The number of rotatable bonds is 2. The number of hydrogen-bond donors (Lipinski definition) is 3. The van der Waals surface area contributed by atoms with Crippen LogP contribution in [0, 0.1) is 0 Å². The number of nitrogens with zero attached hydrogens (tertiary/aromatic N) is 2. The lowest BCUT2D eigenvalue weighted by atomic mass is 10.1. The van der Waals surface area contributed by atoms with Gasteiger partial charge in [0, 0.05) is 0 Å². The van der Waals surface area contributed by atoms with E-state index < -0.39 is 0 Å². The van der Waals surface area contributed by atoms with Crippen LogP contribution in [0.2, 0.25) is 0 Å². The molecule has 7 heteroatoms. The molecule has 0 radical (unpaired) electrons. The molecule has 17 heavy (non-hydrogen) atoms. The van der Waals surface area contributed by atoms with Crippen LogP contribution in [0.25, 0.3) is 11.0 Å². The summed E-state index contributed by atoms with van der Waals surface area (Å²) >= 11 is 0. The van der Waals surface area contributed by atoms with Gasteiger partial charge in [0.1, 0.15) is 11.6 Å². The minimum absolute atomic E-state index is 0.0105. The zero-order valence-corrected chi connectivity index (χ0v) is 9.01. The highest BCUT2D eigenvalue weighted by Gasteiger charge is 2.29. The molecule has 0 amide bonds. The second-order valence-electron chi connectivity index (χ2n) is 4.07. The summed E-state index contributed by atoms with van der Waals surface area (Å²) in [6.45, 7) is 0.0105. The molecule has 0 saturated carbocycles. The predicted molar refractivity (Wildman–Crippen MR) is 58.4 cm³/mol. The van der Waals surface area contributed by atoms with Crippen LogP contribution in [0.1, 0.15) is 24.6 Å². The van der Waals surface area contributed by atoms with Crippen molar-refractivity contribution in [3.8, 4) is 0 Å². The number of aliphatic hydroxyl groups excluding tert-OH is 1. The monoisotopic (exact) mass is 236 g/mol. The second kappa shape index (κ2) is 3.94. The van der Waals surface area contributed by atoms with E-state index in [1.807, 2.05) is 0 Å². The lowest BCUT2D eigenvalue weighted by Crippen LogP contribution is -2.11. The fraction of sp³-hybridized carbons (Fsp3) is 0.500. The summed E-state index contributed by atoms with van der Waals surface area (Å²) in [5.74, 6) is 0. The van der Waals surface area contributed by atoms with Gasteiger partial charge in [0.2, 0.25) is 0 Å². The van der Waals surface area contributed by atoms with Crippen molar-refractivity contribution in [3.05, 3.63) is 22.4 Å². The van der Waals surface area contributed by atoms with E-state index in [-0.39, 0.29) is 24.4 Å². The molecule has 0 aliphatic carbocycles. The molecule has 3 rings (SSSR count). The summed E-state index contributed by atoms with van der Waals surface area (Å²) in [7, 11) is 0. The minimum atomic E-state index is -0.269. The highest BCUT2D eigenvalue weighted by molar-refractivity contribution is 5.75. The topological polar surface area (TPSA) is 104 Å². The Morgan fingerprint density at radius 3 is 3.12 bits per heavy atom. The first-order valence-corrected chi connectivity index (χ1v) is 5.47. The van der Waals surface area contributed by atoms with E-state index in [4.69, 9.17) is 9.84 Å². The van der Waals surface area contributed by atoms with E-state index in [0.717, 1.165) is 12.8 Å². The molecule has 0 bridgehead atoms. The SMILES string of the molecule is O=c1[nH]cnc2c(C3CCC(CO)O3)[nH]nc12. The molecule has 1 fully saturated rings. The van der Waals surface area contributed by atoms with Crippen molar-refractivity contribution < 1.29 is 9.84 Å². The normalized spacial score (nSPS) is 24.5. The predicted octanol–water partition coefficient (Wildman–Crippen LogP) is -0.141. The Labute approximate surface area is 95.8 Å². The summed E-state index contributed by atoms with van der Waals surface area (Å²) in [5, 5.41) is 15.8. The lowest BCUT2D eigenvalue weighted by Gasteiger charge is -2.09. The maximum absolute atomic E-state index is 11.5. The van der Waals surface area contributed by atoms with E-state index >= 15 is 0 Å². The molecule has 0 aromatic carbocycles. The quantitative estimate of drug-likeness (QED) is 0.673. The molecule has 0 spiro atoms. The van der Waals surface area contributed by atoms with Crippen LogP contribution in [0.3, 0.4) is 0 Å². The van der Waals surface area contributed by atoms with Crippen LogP contribution in [0.15, 0.2) is 11.1 Å². The summed E-state index contributed by atoms with van der Waals surface area (Å²) in [4.78, 5) is 18.0. The highest BCUT2D eigenvalue weighted by atomic mass is 16.5. The number of nitrogens with one attached hydrogen (secondary N) is 2. The smallest absolute Gasteiger partial charge is 0.279 e. The first-order chi connectivity index (χ1) is 8.29. The molecule has 90 valence electrons. The molecule has 7 nitrogen and oxygen atoms in total. The number of fused-ring (bicyclic) bond motifs is 1. The molecule has 1 aliphatic rings. The average molecular weight is 236 g/mol. The Morgan fingerprint density at radius 1 is 1.47 bits per heavy atom. The largest absolute Gasteiger partial charge is 0.394 e.